The Labute approximate surface area is 168 Å². The highest BCUT2D eigenvalue weighted by molar-refractivity contribution is 8.00. The third-order valence-corrected chi connectivity index (χ3v) is 5.20. The Morgan fingerprint density at radius 2 is 1.86 bits per heavy atom. The van der Waals surface area contributed by atoms with Gasteiger partial charge in [-0.05, 0) is 31.5 Å². The second kappa shape index (κ2) is 9.41. The quantitative estimate of drug-likeness (QED) is 0.529. The summed E-state index contributed by atoms with van der Waals surface area (Å²) in [6.07, 6.45) is 0. The molecule has 0 saturated carbocycles. The maximum atomic E-state index is 12.9. The van der Waals surface area contributed by atoms with E-state index >= 15 is 0 Å². The number of rotatable bonds is 8. The van der Waals surface area contributed by atoms with Gasteiger partial charge in [-0.25, -0.2) is 0 Å². The number of carbonyl (C=O) groups is 1. The SMILES string of the molecule is CCN(Cc1ccccc1)C(=O)C(C)Sc1nnc(-c2ccccc2OC)o1. The Kier molecular flexibility index (Phi) is 6.71. The van der Waals surface area contributed by atoms with E-state index < -0.39 is 0 Å². The molecular weight excluding hydrogens is 374 g/mol. The predicted octanol–water partition coefficient (Wildman–Crippen LogP) is 4.27. The fourth-order valence-corrected chi connectivity index (χ4v) is 3.56. The summed E-state index contributed by atoms with van der Waals surface area (Å²) < 4.78 is 11.1. The molecule has 0 aliphatic rings. The zero-order valence-corrected chi connectivity index (χ0v) is 17.0. The van der Waals surface area contributed by atoms with Crippen molar-refractivity contribution in [1.82, 2.24) is 15.1 Å². The van der Waals surface area contributed by atoms with Crippen LogP contribution in [-0.4, -0.2) is 39.9 Å². The molecule has 0 spiro atoms. The van der Waals surface area contributed by atoms with Gasteiger partial charge >= 0.3 is 0 Å². The summed E-state index contributed by atoms with van der Waals surface area (Å²) in [6, 6.07) is 17.4. The Bertz CT molecular complexity index is 914. The van der Waals surface area contributed by atoms with Crippen LogP contribution in [0.25, 0.3) is 11.5 Å². The third kappa shape index (κ3) is 4.72. The van der Waals surface area contributed by atoms with Crippen LogP contribution in [0.5, 0.6) is 5.75 Å². The number of aromatic nitrogens is 2. The average molecular weight is 398 g/mol. The standard InChI is InChI=1S/C21H23N3O3S/c1-4-24(14-16-10-6-5-7-11-16)20(25)15(2)28-21-23-22-19(27-21)17-12-8-9-13-18(17)26-3/h5-13,15H,4,14H2,1-3H3. The largest absolute Gasteiger partial charge is 0.496 e. The van der Waals surface area contributed by atoms with Gasteiger partial charge in [-0.15, -0.1) is 10.2 Å². The molecule has 28 heavy (non-hydrogen) atoms. The highest BCUT2D eigenvalue weighted by atomic mass is 32.2. The van der Waals surface area contributed by atoms with E-state index in [4.69, 9.17) is 9.15 Å². The van der Waals surface area contributed by atoms with Crippen molar-refractivity contribution in [2.75, 3.05) is 13.7 Å². The number of amides is 1. The number of ether oxygens (including phenoxy) is 1. The van der Waals surface area contributed by atoms with Crippen LogP contribution < -0.4 is 4.74 Å². The van der Waals surface area contributed by atoms with Gasteiger partial charge < -0.3 is 14.1 Å². The van der Waals surface area contributed by atoms with Crippen molar-refractivity contribution in [3.8, 4) is 17.2 Å². The van der Waals surface area contributed by atoms with Gasteiger partial charge in [0.2, 0.25) is 5.91 Å². The minimum atomic E-state index is -0.338. The molecule has 0 aliphatic carbocycles. The molecule has 2 aromatic carbocycles. The van der Waals surface area contributed by atoms with Crippen LogP contribution in [0.15, 0.2) is 64.2 Å². The number of methoxy groups -OCH3 is 1. The van der Waals surface area contributed by atoms with Crippen LogP contribution in [-0.2, 0) is 11.3 Å². The Morgan fingerprint density at radius 3 is 2.57 bits per heavy atom. The van der Waals surface area contributed by atoms with Gasteiger partial charge in [0, 0.05) is 13.1 Å². The zero-order chi connectivity index (χ0) is 19.9. The molecule has 0 N–H and O–H groups in total. The first-order valence-electron chi connectivity index (χ1n) is 9.08. The van der Waals surface area contributed by atoms with Gasteiger partial charge in [-0.1, -0.05) is 54.2 Å². The summed E-state index contributed by atoms with van der Waals surface area (Å²) in [7, 11) is 1.59. The third-order valence-electron chi connectivity index (χ3n) is 4.28. The first-order chi connectivity index (χ1) is 13.6. The molecule has 0 fully saturated rings. The maximum Gasteiger partial charge on any atom is 0.277 e. The molecule has 146 valence electrons. The second-order valence-corrected chi connectivity index (χ2v) is 7.46. The van der Waals surface area contributed by atoms with Crippen LogP contribution in [0.1, 0.15) is 19.4 Å². The molecule has 3 rings (SSSR count). The van der Waals surface area contributed by atoms with Gasteiger partial charge in [0.15, 0.2) is 0 Å². The number of hydrogen-bond donors (Lipinski definition) is 0. The van der Waals surface area contributed by atoms with Crippen LogP contribution in [0.3, 0.4) is 0 Å². The minimum Gasteiger partial charge on any atom is -0.496 e. The molecule has 1 atom stereocenters. The number of nitrogens with zero attached hydrogens (tertiary/aromatic N) is 3. The van der Waals surface area contributed by atoms with E-state index in [2.05, 4.69) is 10.2 Å². The number of thioether (sulfide) groups is 1. The molecular formula is C21H23N3O3S. The molecule has 3 aromatic rings. The fourth-order valence-electron chi connectivity index (χ4n) is 2.80. The first kappa shape index (κ1) is 19.9. The van der Waals surface area contributed by atoms with E-state index in [1.54, 1.807) is 7.11 Å². The van der Waals surface area contributed by atoms with E-state index in [1.807, 2.05) is 73.3 Å². The summed E-state index contributed by atoms with van der Waals surface area (Å²) in [6.45, 7) is 5.05. The lowest BCUT2D eigenvalue weighted by atomic mass is 10.2. The lowest BCUT2D eigenvalue weighted by Gasteiger charge is -2.23. The van der Waals surface area contributed by atoms with Crippen molar-refractivity contribution >= 4 is 17.7 Å². The van der Waals surface area contributed by atoms with Crippen molar-refractivity contribution in [2.45, 2.75) is 30.9 Å². The van der Waals surface area contributed by atoms with Gasteiger partial charge in [0.25, 0.3) is 11.1 Å². The van der Waals surface area contributed by atoms with Crippen LogP contribution in [0.2, 0.25) is 0 Å². The second-order valence-electron chi connectivity index (χ2n) is 6.17. The summed E-state index contributed by atoms with van der Waals surface area (Å²) in [5.74, 6) is 1.07. The summed E-state index contributed by atoms with van der Waals surface area (Å²) in [4.78, 5) is 14.7. The van der Waals surface area contributed by atoms with E-state index in [1.165, 1.54) is 11.8 Å². The van der Waals surface area contributed by atoms with Gasteiger partial charge in [-0.3, -0.25) is 4.79 Å². The molecule has 0 saturated heterocycles. The number of hydrogen-bond acceptors (Lipinski definition) is 6. The predicted molar refractivity (Wildman–Crippen MR) is 109 cm³/mol. The topological polar surface area (TPSA) is 68.5 Å². The summed E-state index contributed by atoms with van der Waals surface area (Å²) >= 11 is 1.26. The van der Waals surface area contributed by atoms with Crippen molar-refractivity contribution in [1.29, 1.82) is 0 Å². The van der Waals surface area contributed by atoms with E-state index in [9.17, 15) is 4.79 Å². The average Bonchev–Trinajstić information content (AvgIpc) is 3.20. The number of benzene rings is 2. The zero-order valence-electron chi connectivity index (χ0n) is 16.2. The smallest absolute Gasteiger partial charge is 0.277 e. The minimum absolute atomic E-state index is 0.0356. The number of carbonyl (C=O) groups excluding carboxylic acids is 1. The van der Waals surface area contributed by atoms with Gasteiger partial charge in [0.1, 0.15) is 5.75 Å². The lowest BCUT2D eigenvalue weighted by Crippen LogP contribution is -2.35. The highest BCUT2D eigenvalue weighted by Crippen LogP contribution is 2.31. The molecule has 1 heterocycles. The van der Waals surface area contributed by atoms with Crippen molar-refractivity contribution in [3.05, 3.63) is 60.2 Å². The Balaban J connectivity index is 1.68. The summed E-state index contributed by atoms with van der Waals surface area (Å²) in [5.41, 5.74) is 1.83. The first-order valence-corrected chi connectivity index (χ1v) is 9.96. The van der Waals surface area contributed by atoms with E-state index in [0.717, 1.165) is 11.1 Å². The molecule has 0 bridgehead atoms. The monoisotopic (exact) mass is 397 g/mol. The van der Waals surface area contributed by atoms with Crippen molar-refractivity contribution < 1.29 is 13.9 Å². The molecule has 0 aliphatic heterocycles. The molecule has 1 amide bonds. The molecule has 1 aromatic heterocycles. The molecule has 0 radical (unpaired) electrons. The van der Waals surface area contributed by atoms with Crippen molar-refractivity contribution in [3.63, 3.8) is 0 Å². The highest BCUT2D eigenvalue weighted by Gasteiger charge is 2.23. The van der Waals surface area contributed by atoms with Crippen molar-refractivity contribution in [2.24, 2.45) is 0 Å². The van der Waals surface area contributed by atoms with Crippen LogP contribution in [0.4, 0.5) is 0 Å². The number of para-hydroxylation sites is 1. The van der Waals surface area contributed by atoms with E-state index in [-0.39, 0.29) is 11.2 Å². The Hall–Kier alpha value is -2.80. The van der Waals surface area contributed by atoms with Crippen LogP contribution >= 0.6 is 11.8 Å². The maximum absolute atomic E-state index is 12.9. The lowest BCUT2D eigenvalue weighted by molar-refractivity contribution is -0.130. The Morgan fingerprint density at radius 1 is 1.14 bits per heavy atom. The fraction of sp³-hybridized carbons (Fsp3) is 0.286. The van der Waals surface area contributed by atoms with Gasteiger partial charge in [-0.2, -0.15) is 0 Å². The normalized spacial score (nSPS) is 11.8. The van der Waals surface area contributed by atoms with Crippen LogP contribution in [0, 0.1) is 0 Å². The van der Waals surface area contributed by atoms with E-state index in [0.29, 0.717) is 30.0 Å². The molecule has 7 heteroatoms. The summed E-state index contributed by atoms with van der Waals surface area (Å²) in [5, 5.41) is 8.20. The molecule has 1 unspecified atom stereocenters. The molecule has 6 nitrogen and oxygen atoms in total. The van der Waals surface area contributed by atoms with Gasteiger partial charge in [0.05, 0.1) is 17.9 Å².